The summed E-state index contributed by atoms with van der Waals surface area (Å²) in [6, 6.07) is 9.19. The highest BCUT2D eigenvalue weighted by Gasteiger charge is 2.35. The molecule has 4 N–H and O–H groups in total. The Kier molecular flexibility index (Phi) is 4.95. The first kappa shape index (κ1) is 19.6. The number of primary amides is 1. The zero-order chi connectivity index (χ0) is 20.6. The summed E-state index contributed by atoms with van der Waals surface area (Å²) >= 11 is 5.81. The van der Waals surface area contributed by atoms with Crippen LogP contribution in [0.5, 0.6) is 11.5 Å². The molecule has 6 nitrogen and oxygen atoms in total. The molecule has 0 aliphatic rings. The molecule has 146 valence electrons. The van der Waals surface area contributed by atoms with E-state index in [0.717, 1.165) is 4.57 Å². The third-order valence-electron chi connectivity index (χ3n) is 3.88. The van der Waals surface area contributed by atoms with Crippen molar-refractivity contribution in [2.75, 3.05) is 0 Å². The fourth-order valence-corrected chi connectivity index (χ4v) is 2.92. The molecule has 28 heavy (non-hydrogen) atoms. The van der Waals surface area contributed by atoms with Crippen molar-refractivity contribution in [2.45, 2.75) is 12.6 Å². The number of phenols is 2. The van der Waals surface area contributed by atoms with Gasteiger partial charge in [0.05, 0.1) is 17.7 Å². The van der Waals surface area contributed by atoms with Gasteiger partial charge in [0.25, 0.3) is 5.91 Å². The first-order valence-electron chi connectivity index (χ1n) is 7.83. The summed E-state index contributed by atoms with van der Waals surface area (Å²) in [7, 11) is 0. The van der Waals surface area contributed by atoms with E-state index in [1.165, 1.54) is 42.5 Å². The molecule has 2 aromatic carbocycles. The van der Waals surface area contributed by atoms with E-state index in [0.29, 0.717) is 0 Å². The van der Waals surface area contributed by atoms with Crippen LogP contribution in [0.4, 0.5) is 13.2 Å². The summed E-state index contributed by atoms with van der Waals surface area (Å²) in [5.74, 6) is -1.72. The Bertz CT molecular complexity index is 1050. The lowest BCUT2D eigenvalue weighted by Gasteiger charge is -2.15. The van der Waals surface area contributed by atoms with Crippen LogP contribution in [-0.4, -0.2) is 31.8 Å². The van der Waals surface area contributed by atoms with Gasteiger partial charge in [-0.1, -0.05) is 11.6 Å². The topological polar surface area (TPSA) is 101 Å². The van der Waals surface area contributed by atoms with E-state index < -0.39 is 29.9 Å². The highest BCUT2D eigenvalue weighted by molar-refractivity contribution is 6.30. The van der Waals surface area contributed by atoms with Crippen molar-refractivity contribution in [3.05, 3.63) is 58.9 Å². The SMILES string of the molecule is NC(=O)c1nc(-c2ccc(Cl)cc2O)n(-c2ccc(O)cc2)c1CC(F)(F)F. The maximum absolute atomic E-state index is 13.2. The molecule has 0 unspecified atom stereocenters. The lowest BCUT2D eigenvalue weighted by molar-refractivity contribution is -0.128. The Morgan fingerprint density at radius 1 is 1.14 bits per heavy atom. The summed E-state index contributed by atoms with van der Waals surface area (Å²) < 4.78 is 40.6. The summed E-state index contributed by atoms with van der Waals surface area (Å²) in [6.07, 6.45) is -6.13. The molecular weight excluding hydrogens is 399 g/mol. The fraction of sp³-hybridized carbons (Fsp3) is 0.111. The highest BCUT2D eigenvalue weighted by atomic mass is 35.5. The van der Waals surface area contributed by atoms with Crippen molar-refractivity contribution < 1.29 is 28.2 Å². The standard InChI is InChI=1S/C18H13ClF3N3O3/c19-9-1-6-12(14(27)7-9)17-24-15(16(23)28)13(8-18(20,21)22)25(17)10-2-4-11(26)5-3-10/h1-7,26-27H,8H2,(H2,23,28). The Labute approximate surface area is 161 Å². The third kappa shape index (κ3) is 3.89. The zero-order valence-corrected chi connectivity index (χ0v) is 14.8. The molecule has 1 aromatic heterocycles. The molecule has 10 heteroatoms. The van der Waals surface area contributed by atoms with Crippen molar-refractivity contribution in [3.63, 3.8) is 0 Å². The number of nitrogens with two attached hydrogens (primary N) is 1. The van der Waals surface area contributed by atoms with Gasteiger partial charge < -0.3 is 15.9 Å². The first-order chi connectivity index (χ1) is 13.1. The van der Waals surface area contributed by atoms with Crippen LogP contribution in [0.1, 0.15) is 16.2 Å². The van der Waals surface area contributed by atoms with Gasteiger partial charge in [0, 0.05) is 10.7 Å². The van der Waals surface area contributed by atoms with Crippen LogP contribution in [0.2, 0.25) is 5.02 Å². The van der Waals surface area contributed by atoms with Gasteiger partial charge in [0.15, 0.2) is 5.69 Å². The maximum Gasteiger partial charge on any atom is 0.394 e. The number of halogens is 4. The molecule has 0 fully saturated rings. The quantitative estimate of drug-likeness (QED) is 0.607. The van der Waals surface area contributed by atoms with E-state index >= 15 is 0 Å². The van der Waals surface area contributed by atoms with Crippen LogP contribution in [0.25, 0.3) is 17.1 Å². The number of aromatic hydroxyl groups is 2. The Balaban J connectivity index is 2.36. The van der Waals surface area contributed by atoms with Gasteiger partial charge in [-0.05, 0) is 42.5 Å². The monoisotopic (exact) mass is 411 g/mol. The summed E-state index contributed by atoms with van der Waals surface area (Å²) in [5.41, 5.74) is 4.42. The number of aromatic nitrogens is 2. The number of phenolic OH excluding ortho intramolecular Hbond substituents is 2. The van der Waals surface area contributed by atoms with Crippen LogP contribution in [-0.2, 0) is 6.42 Å². The minimum atomic E-state index is -4.65. The molecule has 0 saturated heterocycles. The number of rotatable bonds is 4. The maximum atomic E-state index is 13.2. The van der Waals surface area contributed by atoms with Gasteiger partial charge in [0.2, 0.25) is 0 Å². The molecule has 0 saturated carbocycles. The molecule has 3 rings (SSSR count). The summed E-state index contributed by atoms with van der Waals surface area (Å²) in [4.78, 5) is 15.8. The van der Waals surface area contributed by atoms with E-state index in [9.17, 15) is 28.2 Å². The Hall–Kier alpha value is -3.20. The lowest BCUT2D eigenvalue weighted by Crippen LogP contribution is -2.20. The van der Waals surface area contributed by atoms with Crippen LogP contribution >= 0.6 is 11.6 Å². The van der Waals surface area contributed by atoms with Gasteiger partial charge in [-0.3, -0.25) is 9.36 Å². The normalized spacial score (nSPS) is 11.6. The number of alkyl halides is 3. The van der Waals surface area contributed by atoms with Crippen molar-refractivity contribution in [2.24, 2.45) is 5.73 Å². The highest BCUT2D eigenvalue weighted by Crippen LogP contribution is 2.36. The Morgan fingerprint density at radius 3 is 2.32 bits per heavy atom. The first-order valence-corrected chi connectivity index (χ1v) is 8.21. The zero-order valence-electron chi connectivity index (χ0n) is 14.0. The van der Waals surface area contributed by atoms with Gasteiger partial charge in [-0.25, -0.2) is 4.98 Å². The molecule has 0 atom stereocenters. The number of hydrogen-bond acceptors (Lipinski definition) is 4. The second-order valence-electron chi connectivity index (χ2n) is 5.90. The second-order valence-corrected chi connectivity index (χ2v) is 6.34. The molecule has 0 aliphatic heterocycles. The molecule has 0 bridgehead atoms. The summed E-state index contributed by atoms with van der Waals surface area (Å²) in [5, 5.41) is 19.9. The predicted octanol–water partition coefficient (Wildman–Crippen LogP) is 3.81. The Morgan fingerprint density at radius 2 is 1.79 bits per heavy atom. The fourth-order valence-electron chi connectivity index (χ4n) is 2.76. The van der Waals surface area contributed by atoms with Crippen molar-refractivity contribution in [3.8, 4) is 28.6 Å². The van der Waals surface area contributed by atoms with E-state index in [2.05, 4.69) is 4.98 Å². The lowest BCUT2D eigenvalue weighted by atomic mass is 10.1. The minimum Gasteiger partial charge on any atom is -0.508 e. The molecule has 0 aliphatic carbocycles. The number of carbonyl (C=O) groups excluding carboxylic acids is 1. The van der Waals surface area contributed by atoms with E-state index in [4.69, 9.17) is 17.3 Å². The van der Waals surface area contributed by atoms with E-state index in [1.807, 2.05) is 0 Å². The van der Waals surface area contributed by atoms with Crippen molar-refractivity contribution in [1.82, 2.24) is 9.55 Å². The van der Waals surface area contributed by atoms with E-state index in [-0.39, 0.29) is 33.6 Å². The molecule has 0 spiro atoms. The molecule has 1 heterocycles. The minimum absolute atomic E-state index is 0.0494. The molecular formula is C18H13ClF3N3O3. The molecule has 0 radical (unpaired) electrons. The van der Waals surface area contributed by atoms with Gasteiger partial charge in [0.1, 0.15) is 17.3 Å². The number of benzene rings is 2. The van der Waals surface area contributed by atoms with Gasteiger partial charge >= 0.3 is 6.18 Å². The molecule has 3 aromatic rings. The van der Waals surface area contributed by atoms with Crippen molar-refractivity contribution >= 4 is 17.5 Å². The van der Waals surface area contributed by atoms with Crippen LogP contribution in [0, 0.1) is 0 Å². The average molecular weight is 412 g/mol. The summed E-state index contributed by atoms with van der Waals surface area (Å²) in [6.45, 7) is 0. The number of nitrogens with zero attached hydrogens (tertiary/aromatic N) is 2. The van der Waals surface area contributed by atoms with Gasteiger partial charge in [-0.2, -0.15) is 13.2 Å². The molecule has 1 amide bonds. The number of carbonyl (C=O) groups is 1. The average Bonchev–Trinajstić information content (AvgIpc) is 2.93. The number of imidazole rings is 1. The number of amides is 1. The predicted molar refractivity (Wildman–Crippen MR) is 95.6 cm³/mol. The smallest absolute Gasteiger partial charge is 0.394 e. The van der Waals surface area contributed by atoms with Crippen LogP contribution < -0.4 is 5.73 Å². The number of hydrogen-bond donors (Lipinski definition) is 3. The van der Waals surface area contributed by atoms with Gasteiger partial charge in [-0.15, -0.1) is 0 Å². The van der Waals surface area contributed by atoms with Crippen molar-refractivity contribution in [1.29, 1.82) is 0 Å². The van der Waals surface area contributed by atoms with Crippen LogP contribution in [0.15, 0.2) is 42.5 Å². The van der Waals surface area contributed by atoms with E-state index in [1.54, 1.807) is 0 Å². The second kappa shape index (κ2) is 7.08. The van der Waals surface area contributed by atoms with Crippen LogP contribution in [0.3, 0.4) is 0 Å². The third-order valence-corrected chi connectivity index (χ3v) is 4.12. The largest absolute Gasteiger partial charge is 0.508 e.